The molecule has 11 aromatic carbocycles. The van der Waals surface area contributed by atoms with Crippen LogP contribution in [0.5, 0.6) is 0 Å². The summed E-state index contributed by atoms with van der Waals surface area (Å²) >= 11 is 1.88. The number of para-hydroxylation sites is 1. The molecule has 0 aliphatic heterocycles. The van der Waals surface area contributed by atoms with Crippen LogP contribution in [-0.2, 0) is 10.8 Å². The minimum atomic E-state index is -0.479. The topological polar surface area (TPSA) is 16.4 Å². The van der Waals surface area contributed by atoms with Gasteiger partial charge in [0.2, 0.25) is 0 Å². The summed E-state index contributed by atoms with van der Waals surface area (Å²) in [7, 11) is 0. The zero-order valence-corrected chi connectivity index (χ0v) is 41.3. The van der Waals surface area contributed by atoms with Crippen LogP contribution in [0.3, 0.4) is 0 Å². The number of fused-ring (bicyclic) bond motifs is 12. The van der Waals surface area contributed by atoms with Crippen molar-refractivity contribution in [2.75, 3.05) is 4.90 Å². The second kappa shape index (κ2) is 15.9. The smallest absolute Gasteiger partial charge is 0.135 e. The summed E-state index contributed by atoms with van der Waals surface area (Å²) in [5, 5.41) is 4.92. The van der Waals surface area contributed by atoms with Crippen LogP contribution in [0.15, 0.2) is 253 Å². The Balaban J connectivity index is 0.886. The van der Waals surface area contributed by atoms with Crippen LogP contribution in [-0.4, -0.2) is 0 Å². The van der Waals surface area contributed by atoms with E-state index in [2.05, 4.69) is 261 Å². The van der Waals surface area contributed by atoms with Crippen molar-refractivity contribution < 1.29 is 4.42 Å². The molecule has 344 valence electrons. The van der Waals surface area contributed by atoms with Gasteiger partial charge >= 0.3 is 0 Å². The Bertz CT molecular complexity index is 4310. The Kier molecular flexibility index (Phi) is 9.12. The molecule has 0 spiro atoms. The Morgan fingerprint density at radius 1 is 0.342 bits per heavy atom. The fourth-order valence-electron chi connectivity index (χ4n) is 12.7. The van der Waals surface area contributed by atoms with Crippen LogP contribution in [0.25, 0.3) is 86.6 Å². The Labute approximate surface area is 428 Å². The van der Waals surface area contributed by atoms with E-state index in [9.17, 15) is 0 Å². The molecular weight excluding hydrogens is 903 g/mol. The summed E-state index contributed by atoms with van der Waals surface area (Å²) in [6.45, 7) is 4.79. The molecule has 0 saturated heterocycles. The Morgan fingerprint density at radius 3 is 1.70 bits per heavy atom. The third kappa shape index (κ3) is 6.16. The lowest BCUT2D eigenvalue weighted by Gasteiger charge is -2.34. The molecule has 2 aromatic heterocycles. The monoisotopic (exact) mass is 949 g/mol. The summed E-state index contributed by atoms with van der Waals surface area (Å²) in [6, 6.07) is 92.4. The van der Waals surface area contributed by atoms with Crippen molar-refractivity contribution in [1.29, 1.82) is 0 Å². The highest BCUT2D eigenvalue weighted by molar-refractivity contribution is 7.26. The van der Waals surface area contributed by atoms with Crippen molar-refractivity contribution in [2.24, 2.45) is 0 Å². The number of anilines is 3. The second-order valence-electron chi connectivity index (χ2n) is 20.3. The van der Waals surface area contributed by atoms with Crippen LogP contribution >= 0.6 is 11.3 Å². The van der Waals surface area contributed by atoms with E-state index in [1.165, 1.54) is 98.1 Å². The maximum Gasteiger partial charge on any atom is 0.135 e. The first-order valence-corrected chi connectivity index (χ1v) is 26.1. The van der Waals surface area contributed by atoms with Gasteiger partial charge in [0.05, 0.1) is 5.41 Å². The molecule has 0 N–H and O–H groups in total. The van der Waals surface area contributed by atoms with Gasteiger partial charge in [-0.1, -0.05) is 196 Å². The van der Waals surface area contributed by atoms with Gasteiger partial charge < -0.3 is 9.32 Å². The predicted octanol–water partition coefficient (Wildman–Crippen LogP) is 19.4. The maximum absolute atomic E-state index is 6.22. The first-order chi connectivity index (χ1) is 35.9. The van der Waals surface area contributed by atoms with Gasteiger partial charge in [-0.3, -0.25) is 0 Å². The number of furan rings is 1. The van der Waals surface area contributed by atoms with Gasteiger partial charge in [-0.25, -0.2) is 0 Å². The fourth-order valence-corrected chi connectivity index (χ4v) is 14.0. The maximum atomic E-state index is 6.22. The van der Waals surface area contributed by atoms with E-state index < -0.39 is 5.41 Å². The van der Waals surface area contributed by atoms with Crippen LogP contribution in [0, 0.1) is 0 Å². The number of hydrogen-bond donors (Lipinski definition) is 0. The molecule has 2 nitrogen and oxygen atoms in total. The molecular formula is C70H47NOS. The summed E-state index contributed by atoms with van der Waals surface area (Å²) in [5.74, 6) is 0. The zero-order valence-electron chi connectivity index (χ0n) is 40.4. The molecule has 2 aliphatic carbocycles. The second-order valence-corrected chi connectivity index (χ2v) is 21.4. The lowest BCUT2D eigenvalue weighted by atomic mass is 9.68. The highest BCUT2D eigenvalue weighted by Gasteiger charge is 2.46. The van der Waals surface area contributed by atoms with E-state index in [4.69, 9.17) is 4.42 Å². The zero-order chi connectivity index (χ0) is 48.4. The third-order valence-corrected chi connectivity index (χ3v) is 17.4. The van der Waals surface area contributed by atoms with E-state index in [0.717, 1.165) is 39.0 Å². The Hall–Kier alpha value is -8.76. The van der Waals surface area contributed by atoms with Crippen LogP contribution in [0.2, 0.25) is 0 Å². The average molecular weight is 950 g/mol. The van der Waals surface area contributed by atoms with E-state index in [-0.39, 0.29) is 5.41 Å². The predicted molar refractivity (Wildman–Crippen MR) is 307 cm³/mol. The van der Waals surface area contributed by atoms with E-state index in [1.54, 1.807) is 0 Å². The van der Waals surface area contributed by atoms with Crippen molar-refractivity contribution >= 4 is 70.5 Å². The molecule has 0 saturated carbocycles. The van der Waals surface area contributed by atoms with Gasteiger partial charge in [0.1, 0.15) is 11.2 Å². The van der Waals surface area contributed by atoms with Crippen molar-refractivity contribution in [3.63, 3.8) is 0 Å². The number of nitrogens with zero attached hydrogens (tertiary/aromatic N) is 1. The third-order valence-electron chi connectivity index (χ3n) is 16.2. The van der Waals surface area contributed by atoms with Gasteiger partial charge in [-0.05, 0) is 145 Å². The van der Waals surface area contributed by atoms with Gasteiger partial charge in [-0.2, -0.15) is 0 Å². The lowest BCUT2D eigenvalue weighted by molar-refractivity contribution is 0.660. The SMILES string of the molecule is CC1(C)c2cc(-c3ccc4oc5ccccc5c4c3)ccc2-c2ccc(N(c3ccc(-c4cccc5c4sc4ccccc45)cc3)c3ccc4c(c3)-c3ccccc3C4(c3ccccc3)c3ccccc3)cc21. The minimum Gasteiger partial charge on any atom is -0.456 e. The molecule has 0 atom stereocenters. The normalized spacial score (nSPS) is 13.8. The number of hydrogen-bond acceptors (Lipinski definition) is 3. The first-order valence-electron chi connectivity index (χ1n) is 25.3. The van der Waals surface area contributed by atoms with E-state index >= 15 is 0 Å². The standard InChI is InChI=1S/C70H47NOS/c1-69(2)63-41-46(45-31-39-66-60(40-45)56-21-10-13-26-65(56)72-66)30-36-54(63)55-37-34-51(43-64(55)69)71(49-32-28-44(29-33-49)52-23-15-24-58-57-22-11-14-27-67(57)73-68(52)58)50-35-38-62-59(42-50)53-20-9-12-25-61(53)70(62,47-16-5-3-6-17-47)48-18-7-4-8-19-48/h3-43H,1-2H3. The van der Waals surface area contributed by atoms with Gasteiger partial charge in [-0.15, -0.1) is 11.3 Å². The lowest BCUT2D eigenvalue weighted by Crippen LogP contribution is -2.28. The quantitative estimate of drug-likeness (QED) is 0.158. The molecule has 15 rings (SSSR count). The van der Waals surface area contributed by atoms with Crippen LogP contribution in [0.4, 0.5) is 17.1 Å². The molecule has 0 unspecified atom stereocenters. The molecule has 0 radical (unpaired) electrons. The van der Waals surface area contributed by atoms with Crippen molar-refractivity contribution in [2.45, 2.75) is 24.7 Å². The Morgan fingerprint density at radius 2 is 0.890 bits per heavy atom. The first kappa shape index (κ1) is 42.0. The molecule has 0 fully saturated rings. The molecule has 0 bridgehead atoms. The summed E-state index contributed by atoms with van der Waals surface area (Å²) < 4.78 is 8.86. The molecule has 2 aliphatic rings. The van der Waals surface area contributed by atoms with Crippen molar-refractivity contribution in [3.8, 4) is 44.5 Å². The largest absolute Gasteiger partial charge is 0.456 e. The summed E-state index contributed by atoms with van der Waals surface area (Å²) in [4.78, 5) is 2.48. The number of benzene rings is 11. The molecule has 3 heteroatoms. The van der Waals surface area contributed by atoms with Crippen LogP contribution in [0.1, 0.15) is 47.2 Å². The minimum absolute atomic E-state index is 0.260. The number of thiophene rings is 1. The van der Waals surface area contributed by atoms with Gasteiger partial charge in [0.15, 0.2) is 0 Å². The van der Waals surface area contributed by atoms with Crippen LogP contribution < -0.4 is 4.90 Å². The fraction of sp³-hybridized carbons (Fsp3) is 0.0571. The highest BCUT2D eigenvalue weighted by atomic mass is 32.1. The summed E-state index contributed by atoms with van der Waals surface area (Å²) in [5.41, 5.74) is 22.2. The van der Waals surface area contributed by atoms with Gasteiger partial charge in [0, 0.05) is 53.4 Å². The molecule has 13 aromatic rings. The van der Waals surface area contributed by atoms with Gasteiger partial charge in [0.25, 0.3) is 0 Å². The van der Waals surface area contributed by atoms with Crippen molar-refractivity contribution in [1.82, 2.24) is 0 Å². The average Bonchev–Trinajstić information content (AvgIpc) is 4.17. The number of rotatable bonds is 7. The molecule has 2 heterocycles. The van der Waals surface area contributed by atoms with E-state index in [0.29, 0.717) is 0 Å². The van der Waals surface area contributed by atoms with Crippen molar-refractivity contribution in [3.05, 3.63) is 282 Å². The summed E-state index contributed by atoms with van der Waals surface area (Å²) in [6.07, 6.45) is 0. The molecule has 0 amide bonds. The highest BCUT2D eigenvalue weighted by Crippen LogP contribution is 2.58. The molecule has 73 heavy (non-hydrogen) atoms. The van der Waals surface area contributed by atoms with E-state index in [1.807, 2.05) is 17.4 Å².